The zero-order valence-electron chi connectivity index (χ0n) is 17.5. The second kappa shape index (κ2) is 9.66. The molecule has 2 N–H and O–H groups in total. The maximum Gasteiger partial charge on any atom is 0.261 e. The number of aliphatic hydroxyl groups is 1. The summed E-state index contributed by atoms with van der Waals surface area (Å²) in [6.07, 6.45) is 0.386. The highest BCUT2D eigenvalue weighted by atomic mass is 35.5. The Morgan fingerprint density at radius 3 is 2.63 bits per heavy atom. The summed E-state index contributed by atoms with van der Waals surface area (Å²) in [5.41, 5.74) is 1.74. The van der Waals surface area contributed by atoms with E-state index < -0.39 is 17.4 Å². The van der Waals surface area contributed by atoms with Crippen molar-refractivity contribution in [2.45, 2.75) is 37.8 Å². The number of rotatable bonds is 8. The predicted molar refractivity (Wildman–Crippen MR) is 122 cm³/mol. The van der Waals surface area contributed by atoms with Gasteiger partial charge in [-0.2, -0.15) is 0 Å². The molecule has 0 aliphatic carbocycles. The number of halogens is 1. The monoisotopic (exact) mass is 452 g/mol. The first-order valence-electron chi connectivity index (χ1n) is 9.94. The normalized spacial score (nSPS) is 20.7. The Kier molecular flexibility index (Phi) is 7.42. The van der Waals surface area contributed by atoms with Gasteiger partial charge in [0.1, 0.15) is 18.5 Å². The van der Waals surface area contributed by atoms with Crippen LogP contribution in [0.1, 0.15) is 31.7 Å². The van der Waals surface area contributed by atoms with Gasteiger partial charge in [0.25, 0.3) is 11.3 Å². The van der Waals surface area contributed by atoms with Gasteiger partial charge >= 0.3 is 0 Å². The number of anilines is 1. The lowest BCUT2D eigenvalue weighted by Crippen LogP contribution is -2.46. The summed E-state index contributed by atoms with van der Waals surface area (Å²) in [6.45, 7) is 6.02. The first-order valence-corrected chi connectivity index (χ1v) is 11.4. The maximum absolute atomic E-state index is 11.1. The molecular weight excluding hydrogens is 424 g/mol. The van der Waals surface area contributed by atoms with Crippen LogP contribution in [0.15, 0.2) is 48.5 Å². The van der Waals surface area contributed by atoms with Crippen LogP contribution in [-0.4, -0.2) is 57.2 Å². The third-order valence-corrected chi connectivity index (χ3v) is 6.83. The van der Waals surface area contributed by atoms with Crippen molar-refractivity contribution < 1.29 is 18.6 Å². The van der Waals surface area contributed by atoms with Crippen LogP contribution >= 0.6 is 11.6 Å². The molecule has 3 rings (SSSR count). The van der Waals surface area contributed by atoms with Gasteiger partial charge in [0.2, 0.25) is 0 Å². The van der Waals surface area contributed by atoms with Gasteiger partial charge in [-0.15, -0.1) is 0 Å². The van der Waals surface area contributed by atoms with Crippen molar-refractivity contribution in [2.24, 2.45) is 0 Å². The van der Waals surface area contributed by atoms with Crippen molar-refractivity contribution in [3.8, 4) is 5.75 Å². The van der Waals surface area contributed by atoms with Gasteiger partial charge in [-0.3, -0.25) is 13.8 Å². The molecule has 8 heteroatoms. The Balaban J connectivity index is 1.55. The molecule has 1 saturated heterocycles. The predicted octanol–water partition coefficient (Wildman–Crippen LogP) is 3.92. The van der Waals surface area contributed by atoms with E-state index in [-0.39, 0.29) is 12.1 Å². The Bertz CT molecular complexity index is 878. The summed E-state index contributed by atoms with van der Waals surface area (Å²) < 4.78 is 27.2. The molecule has 1 heterocycles. The fraction of sp³-hybridized carbons (Fsp3) is 0.455. The molecule has 164 valence electrons. The van der Waals surface area contributed by atoms with Crippen LogP contribution in [0.4, 0.5) is 5.69 Å². The summed E-state index contributed by atoms with van der Waals surface area (Å²) in [7, 11) is 1.53. The van der Waals surface area contributed by atoms with E-state index in [9.17, 15) is 9.32 Å². The average molecular weight is 453 g/mol. The maximum atomic E-state index is 11.1. The van der Waals surface area contributed by atoms with Gasteiger partial charge < -0.3 is 9.84 Å². The summed E-state index contributed by atoms with van der Waals surface area (Å²) in [4.78, 5) is 2.31. The van der Waals surface area contributed by atoms with E-state index in [1.54, 1.807) is 24.3 Å². The molecular formula is C22H29ClN2O4S. The molecule has 0 radical (unpaired) electrons. The minimum Gasteiger partial charge on any atom is -0.491 e. The lowest BCUT2D eigenvalue weighted by atomic mass is 9.82. The zero-order valence-corrected chi connectivity index (χ0v) is 19.1. The van der Waals surface area contributed by atoms with Crippen molar-refractivity contribution in [3.63, 3.8) is 0 Å². The van der Waals surface area contributed by atoms with Crippen molar-refractivity contribution in [3.05, 3.63) is 59.1 Å². The SMILES string of the molecule is CN(c1ccc(OC[C@@H](O)CN2CC[C@H](c3cccc(Cl)c3)C2(C)C)cc1)S(=O)O. The van der Waals surface area contributed by atoms with E-state index in [2.05, 4.69) is 24.8 Å². The smallest absolute Gasteiger partial charge is 0.261 e. The van der Waals surface area contributed by atoms with E-state index in [1.165, 1.54) is 16.9 Å². The molecule has 30 heavy (non-hydrogen) atoms. The number of ether oxygens (including phenoxy) is 1. The molecule has 2 aromatic rings. The van der Waals surface area contributed by atoms with Gasteiger partial charge in [-0.05, 0) is 68.8 Å². The van der Waals surface area contributed by atoms with Gasteiger partial charge in [0.05, 0.1) is 5.69 Å². The number of β-amino-alcohol motifs (C(OH)–C–C–N with tert-alkyl or cyclic N) is 1. The van der Waals surface area contributed by atoms with Crippen LogP contribution in [0.2, 0.25) is 5.02 Å². The van der Waals surface area contributed by atoms with E-state index in [4.69, 9.17) is 20.9 Å². The molecule has 1 aliphatic rings. The van der Waals surface area contributed by atoms with Crippen LogP contribution in [-0.2, 0) is 11.3 Å². The largest absolute Gasteiger partial charge is 0.491 e. The molecule has 0 amide bonds. The molecule has 0 bridgehead atoms. The summed E-state index contributed by atoms with van der Waals surface area (Å²) in [6, 6.07) is 14.9. The van der Waals surface area contributed by atoms with Gasteiger partial charge in [0, 0.05) is 30.1 Å². The van der Waals surface area contributed by atoms with Crippen molar-refractivity contribution in [1.29, 1.82) is 0 Å². The van der Waals surface area contributed by atoms with Gasteiger partial charge in [0.15, 0.2) is 0 Å². The minimum absolute atomic E-state index is 0.0994. The first kappa shape index (κ1) is 23.0. The first-order chi connectivity index (χ1) is 14.2. The molecule has 3 atom stereocenters. The number of nitrogens with zero attached hydrogens (tertiary/aromatic N) is 2. The van der Waals surface area contributed by atoms with Crippen molar-refractivity contribution >= 4 is 28.6 Å². The van der Waals surface area contributed by atoms with E-state index in [0.717, 1.165) is 18.0 Å². The third-order valence-electron chi connectivity index (χ3n) is 5.91. The fourth-order valence-electron chi connectivity index (χ4n) is 4.11. The highest BCUT2D eigenvalue weighted by molar-refractivity contribution is 7.80. The standard InChI is InChI=1S/C22H29ClN2O4S/c1-22(2)21(16-5-4-6-17(23)13-16)11-12-25(22)14-19(26)15-29-20-9-7-18(8-10-20)24(3)30(27)28/h4-10,13,19,21,26H,11-12,14-15H2,1-3H3,(H,27,28)/t19-,21+/m0/s1. The Morgan fingerprint density at radius 2 is 2.00 bits per heavy atom. The number of aliphatic hydroxyl groups excluding tert-OH is 1. The quantitative estimate of drug-likeness (QED) is 0.594. The molecule has 2 aromatic carbocycles. The molecule has 1 aliphatic heterocycles. The van der Waals surface area contributed by atoms with Crippen molar-refractivity contribution in [1.82, 2.24) is 4.90 Å². The van der Waals surface area contributed by atoms with Crippen LogP contribution in [0.3, 0.4) is 0 Å². The molecule has 0 spiro atoms. The lowest BCUT2D eigenvalue weighted by Gasteiger charge is -2.37. The van der Waals surface area contributed by atoms with Crippen LogP contribution in [0.5, 0.6) is 5.75 Å². The molecule has 6 nitrogen and oxygen atoms in total. The molecule has 0 saturated carbocycles. The topological polar surface area (TPSA) is 73.2 Å². The number of hydrogen-bond acceptors (Lipinski definition) is 4. The molecule has 1 unspecified atom stereocenters. The third kappa shape index (κ3) is 5.34. The second-order valence-electron chi connectivity index (χ2n) is 8.18. The van der Waals surface area contributed by atoms with Gasteiger partial charge in [-0.25, -0.2) is 4.21 Å². The lowest BCUT2D eigenvalue weighted by molar-refractivity contribution is 0.0433. The van der Waals surface area contributed by atoms with E-state index in [1.807, 2.05) is 18.2 Å². The number of hydrogen-bond donors (Lipinski definition) is 2. The van der Waals surface area contributed by atoms with Crippen LogP contribution in [0.25, 0.3) is 0 Å². The highest BCUT2D eigenvalue weighted by Gasteiger charge is 2.42. The zero-order chi connectivity index (χ0) is 21.9. The van der Waals surface area contributed by atoms with Gasteiger partial charge in [-0.1, -0.05) is 23.7 Å². The van der Waals surface area contributed by atoms with Crippen LogP contribution < -0.4 is 9.04 Å². The highest BCUT2D eigenvalue weighted by Crippen LogP contribution is 2.42. The van der Waals surface area contributed by atoms with E-state index >= 15 is 0 Å². The van der Waals surface area contributed by atoms with E-state index in [0.29, 0.717) is 23.9 Å². The second-order valence-corrected chi connectivity index (χ2v) is 9.63. The summed E-state index contributed by atoms with van der Waals surface area (Å²) in [5.74, 6) is 0.957. The molecule has 0 aromatic heterocycles. The molecule has 1 fully saturated rings. The average Bonchev–Trinajstić information content (AvgIpc) is 3.00. The Hall–Kier alpha value is -1.64. The fourth-order valence-corrected chi connectivity index (χ4v) is 4.61. The minimum atomic E-state index is -2.07. The summed E-state index contributed by atoms with van der Waals surface area (Å²) >= 11 is 4.11. The summed E-state index contributed by atoms with van der Waals surface area (Å²) in [5, 5.41) is 11.3. The number of likely N-dealkylation sites (tertiary alicyclic amines) is 1. The Morgan fingerprint density at radius 1 is 1.30 bits per heavy atom. The van der Waals surface area contributed by atoms with Crippen LogP contribution in [0, 0.1) is 0 Å². The number of benzene rings is 2. The Labute approximate surface area is 185 Å². The van der Waals surface area contributed by atoms with Crippen molar-refractivity contribution in [2.75, 3.05) is 31.0 Å².